The molecule has 0 aliphatic carbocycles. The van der Waals surface area contributed by atoms with Crippen molar-refractivity contribution < 1.29 is 8.81 Å². The number of aromatic nitrogens is 3. The molecule has 2 aromatic carbocycles. The highest BCUT2D eigenvalue weighted by Gasteiger charge is 2.11. The fourth-order valence-corrected chi connectivity index (χ4v) is 2.63. The number of H-pyrrole nitrogens is 1. The molecule has 0 atom stereocenters. The maximum atomic E-state index is 14.2. The molecule has 138 valence electrons. The van der Waals surface area contributed by atoms with E-state index in [1.54, 1.807) is 36.5 Å². The Bertz CT molecular complexity index is 1290. The van der Waals surface area contributed by atoms with Crippen LogP contribution in [-0.2, 0) is 0 Å². The molecule has 4 rings (SSSR count). The van der Waals surface area contributed by atoms with Gasteiger partial charge in [-0.05, 0) is 37.3 Å². The van der Waals surface area contributed by atoms with Crippen molar-refractivity contribution in [2.45, 2.75) is 6.92 Å². The van der Waals surface area contributed by atoms with Crippen molar-refractivity contribution in [2.75, 3.05) is 10.6 Å². The number of nitrogens with one attached hydrogen (secondary N) is 3. The largest absolute Gasteiger partial charge is 0.417 e. The molecule has 0 bridgehead atoms. The molecule has 0 spiro atoms. The summed E-state index contributed by atoms with van der Waals surface area (Å²) in [5, 5.41) is 14.9. The van der Waals surface area contributed by atoms with Gasteiger partial charge in [0.25, 0.3) is 0 Å². The number of hydrogen-bond acceptors (Lipinski definition) is 7. The van der Waals surface area contributed by atoms with Gasteiger partial charge in [-0.1, -0.05) is 6.07 Å². The summed E-state index contributed by atoms with van der Waals surface area (Å²) in [5.74, 6) is -0.532. The summed E-state index contributed by atoms with van der Waals surface area (Å²) in [5.41, 5.74) is 2.47. The Hall–Kier alpha value is -4.19. The first-order valence-corrected chi connectivity index (χ1v) is 8.22. The maximum absolute atomic E-state index is 14.2. The number of aromatic amines is 1. The van der Waals surface area contributed by atoms with Crippen molar-refractivity contribution in [3.63, 3.8) is 0 Å². The molecule has 8 nitrogen and oxygen atoms in total. The molecular formula is C19H13FN6O2. The van der Waals surface area contributed by atoms with Crippen molar-refractivity contribution in [2.24, 2.45) is 0 Å². The van der Waals surface area contributed by atoms with Crippen molar-refractivity contribution in [3.05, 3.63) is 70.1 Å². The first-order chi connectivity index (χ1) is 13.5. The Kier molecular flexibility index (Phi) is 4.21. The van der Waals surface area contributed by atoms with E-state index in [2.05, 4.69) is 25.6 Å². The van der Waals surface area contributed by atoms with E-state index in [-0.39, 0.29) is 17.2 Å². The molecule has 0 fully saturated rings. The quantitative estimate of drug-likeness (QED) is 0.496. The minimum absolute atomic E-state index is 0.0714. The van der Waals surface area contributed by atoms with Gasteiger partial charge in [0.05, 0.1) is 16.8 Å². The predicted octanol–water partition coefficient (Wildman–Crippen LogP) is 3.72. The van der Waals surface area contributed by atoms with Gasteiger partial charge < -0.3 is 15.1 Å². The zero-order valence-corrected chi connectivity index (χ0v) is 14.6. The second-order valence-corrected chi connectivity index (χ2v) is 5.98. The van der Waals surface area contributed by atoms with Gasteiger partial charge in [-0.15, -0.1) is 0 Å². The Morgan fingerprint density at radius 3 is 2.93 bits per heavy atom. The van der Waals surface area contributed by atoms with Gasteiger partial charge in [0.1, 0.15) is 11.9 Å². The molecule has 0 saturated heterocycles. The van der Waals surface area contributed by atoms with Crippen LogP contribution in [0, 0.1) is 24.1 Å². The van der Waals surface area contributed by atoms with Crippen LogP contribution in [0.15, 0.2) is 51.8 Å². The number of anilines is 4. The van der Waals surface area contributed by atoms with Gasteiger partial charge >= 0.3 is 5.76 Å². The number of fused-ring (bicyclic) bond motifs is 1. The van der Waals surface area contributed by atoms with E-state index in [1.807, 2.05) is 6.92 Å². The molecule has 3 N–H and O–H groups in total. The van der Waals surface area contributed by atoms with Crippen LogP contribution in [0.3, 0.4) is 0 Å². The average Bonchev–Trinajstić information content (AvgIpc) is 3.05. The van der Waals surface area contributed by atoms with Gasteiger partial charge in [0.2, 0.25) is 5.95 Å². The van der Waals surface area contributed by atoms with Crippen LogP contribution in [0.2, 0.25) is 0 Å². The number of nitriles is 1. The topological polar surface area (TPSA) is 120 Å². The van der Waals surface area contributed by atoms with E-state index in [0.717, 1.165) is 5.56 Å². The van der Waals surface area contributed by atoms with Crippen LogP contribution >= 0.6 is 0 Å². The SMILES string of the molecule is Cc1cnc(Nc2cccc(C#N)c2F)nc1Nc1ccc2oc(=O)[nH]c2c1. The van der Waals surface area contributed by atoms with Crippen molar-refractivity contribution in [1.82, 2.24) is 15.0 Å². The maximum Gasteiger partial charge on any atom is 0.417 e. The van der Waals surface area contributed by atoms with Crippen molar-refractivity contribution in [1.29, 1.82) is 5.26 Å². The van der Waals surface area contributed by atoms with Crippen LogP contribution < -0.4 is 16.4 Å². The Morgan fingerprint density at radius 1 is 1.25 bits per heavy atom. The molecule has 0 unspecified atom stereocenters. The highest BCUT2D eigenvalue weighted by molar-refractivity contribution is 5.78. The lowest BCUT2D eigenvalue weighted by Gasteiger charge is -2.11. The van der Waals surface area contributed by atoms with Crippen LogP contribution in [0.1, 0.15) is 11.1 Å². The van der Waals surface area contributed by atoms with E-state index in [4.69, 9.17) is 9.68 Å². The number of hydrogen-bond donors (Lipinski definition) is 3. The number of oxazole rings is 1. The van der Waals surface area contributed by atoms with E-state index in [9.17, 15) is 9.18 Å². The summed E-state index contributed by atoms with van der Waals surface area (Å²) in [6, 6.07) is 11.4. The lowest BCUT2D eigenvalue weighted by molar-refractivity contribution is 0.555. The average molecular weight is 376 g/mol. The van der Waals surface area contributed by atoms with E-state index in [1.165, 1.54) is 12.1 Å². The summed E-state index contributed by atoms with van der Waals surface area (Å²) < 4.78 is 19.2. The molecule has 0 saturated carbocycles. The lowest BCUT2D eigenvalue weighted by atomic mass is 10.2. The molecule has 0 aliphatic heterocycles. The highest BCUT2D eigenvalue weighted by atomic mass is 19.1. The van der Waals surface area contributed by atoms with Gasteiger partial charge in [-0.25, -0.2) is 14.2 Å². The Morgan fingerprint density at radius 2 is 2.11 bits per heavy atom. The van der Waals surface area contributed by atoms with Crippen LogP contribution in [0.25, 0.3) is 11.1 Å². The minimum atomic E-state index is -0.668. The second-order valence-electron chi connectivity index (χ2n) is 5.98. The van der Waals surface area contributed by atoms with Gasteiger partial charge in [-0.3, -0.25) is 4.98 Å². The van der Waals surface area contributed by atoms with Crippen LogP contribution in [0.4, 0.5) is 27.5 Å². The zero-order valence-electron chi connectivity index (χ0n) is 14.6. The normalized spacial score (nSPS) is 10.6. The second kappa shape index (κ2) is 6.85. The zero-order chi connectivity index (χ0) is 19.7. The molecule has 0 aliphatic rings. The number of nitrogens with zero attached hydrogens (tertiary/aromatic N) is 3. The molecule has 2 heterocycles. The number of rotatable bonds is 4. The number of aryl methyl sites for hydroxylation is 1. The molecule has 4 aromatic rings. The number of halogens is 1. The molecule has 0 amide bonds. The summed E-state index contributed by atoms with van der Waals surface area (Å²) in [6.45, 7) is 1.82. The summed E-state index contributed by atoms with van der Waals surface area (Å²) in [7, 11) is 0. The molecular weight excluding hydrogens is 363 g/mol. The molecule has 28 heavy (non-hydrogen) atoms. The monoisotopic (exact) mass is 376 g/mol. The molecule has 9 heteroatoms. The van der Waals surface area contributed by atoms with E-state index < -0.39 is 11.6 Å². The minimum Gasteiger partial charge on any atom is -0.408 e. The summed E-state index contributed by atoms with van der Waals surface area (Å²) >= 11 is 0. The first-order valence-electron chi connectivity index (χ1n) is 8.22. The Balaban J connectivity index is 1.63. The lowest BCUT2D eigenvalue weighted by Crippen LogP contribution is -2.04. The summed E-state index contributed by atoms with van der Waals surface area (Å²) in [4.78, 5) is 22.4. The van der Waals surface area contributed by atoms with Gasteiger partial charge in [0.15, 0.2) is 11.4 Å². The smallest absolute Gasteiger partial charge is 0.408 e. The van der Waals surface area contributed by atoms with Crippen molar-refractivity contribution in [3.8, 4) is 6.07 Å². The molecule has 2 aromatic heterocycles. The summed E-state index contributed by atoms with van der Waals surface area (Å²) in [6.07, 6.45) is 1.59. The predicted molar refractivity (Wildman–Crippen MR) is 101 cm³/mol. The first kappa shape index (κ1) is 17.2. The van der Waals surface area contributed by atoms with Gasteiger partial charge in [-0.2, -0.15) is 10.2 Å². The third-order valence-corrected chi connectivity index (χ3v) is 4.02. The van der Waals surface area contributed by atoms with Gasteiger partial charge in [0, 0.05) is 17.4 Å². The van der Waals surface area contributed by atoms with Crippen LogP contribution in [-0.4, -0.2) is 15.0 Å². The third-order valence-electron chi connectivity index (χ3n) is 4.02. The van der Waals surface area contributed by atoms with E-state index in [0.29, 0.717) is 22.6 Å². The fourth-order valence-electron chi connectivity index (χ4n) is 2.63. The molecule has 0 radical (unpaired) electrons. The fraction of sp³-hybridized carbons (Fsp3) is 0.0526. The number of benzene rings is 2. The Labute approximate surface area is 157 Å². The third kappa shape index (κ3) is 3.26. The van der Waals surface area contributed by atoms with Crippen LogP contribution in [0.5, 0.6) is 0 Å². The van der Waals surface area contributed by atoms with Crippen molar-refractivity contribution >= 4 is 34.2 Å². The van der Waals surface area contributed by atoms with E-state index >= 15 is 0 Å². The standard InChI is InChI=1S/C19H13FN6O2/c1-10-9-22-18(24-13-4-2-3-11(8-21)16(13)20)26-17(10)23-12-5-6-15-14(7-12)25-19(27)28-15/h2-7,9H,1H3,(H,25,27)(H2,22,23,24,26). The highest BCUT2D eigenvalue weighted by Crippen LogP contribution is 2.24.